The maximum Gasteiger partial charge on any atom is 0.260 e. The molecule has 0 aromatic heterocycles. The minimum absolute atomic E-state index is 0.00123. The molecule has 1 aromatic carbocycles. The Morgan fingerprint density at radius 3 is 2.76 bits per heavy atom. The monoisotopic (exact) mass is 343 g/mol. The molecule has 2 fully saturated rings. The van der Waals surface area contributed by atoms with E-state index in [1.807, 2.05) is 4.90 Å². The Kier molecular flexibility index (Phi) is 5.77. The smallest absolute Gasteiger partial charge is 0.260 e. The molecule has 6 nitrogen and oxygen atoms in total. The summed E-state index contributed by atoms with van der Waals surface area (Å²) in [5.74, 6) is 0.986. The topological polar surface area (TPSA) is 65.8 Å². The van der Waals surface area contributed by atoms with Gasteiger partial charge in [-0.15, -0.1) is 0 Å². The molecule has 6 heteroatoms. The van der Waals surface area contributed by atoms with Crippen molar-refractivity contribution in [2.45, 2.75) is 31.7 Å². The van der Waals surface area contributed by atoms with E-state index in [-0.39, 0.29) is 12.5 Å². The minimum atomic E-state index is -0.00123. The molecule has 0 unspecified atom stereocenters. The maximum atomic E-state index is 12.6. The Morgan fingerprint density at radius 1 is 1.24 bits per heavy atom. The molecule has 0 spiro atoms. The summed E-state index contributed by atoms with van der Waals surface area (Å²) in [5, 5.41) is 8.95. The fraction of sp³-hybridized carbons (Fsp3) is 0.579. The van der Waals surface area contributed by atoms with Gasteiger partial charge in [0, 0.05) is 25.2 Å². The van der Waals surface area contributed by atoms with Crippen LogP contribution in [0.25, 0.3) is 0 Å². The van der Waals surface area contributed by atoms with Crippen LogP contribution in [0, 0.1) is 11.3 Å². The Bertz CT molecular complexity index is 650. The minimum Gasteiger partial charge on any atom is -0.493 e. The second-order valence-corrected chi connectivity index (χ2v) is 6.66. The summed E-state index contributed by atoms with van der Waals surface area (Å²) in [5.41, 5.74) is 0.501. The Hall–Kier alpha value is -2.26. The first-order valence-corrected chi connectivity index (χ1v) is 8.94. The summed E-state index contributed by atoms with van der Waals surface area (Å²) in [7, 11) is 1.53. The van der Waals surface area contributed by atoms with E-state index in [1.54, 1.807) is 18.2 Å². The molecule has 0 aliphatic carbocycles. The molecule has 0 saturated carbocycles. The average Bonchev–Trinajstić information content (AvgIpc) is 3.32. The summed E-state index contributed by atoms with van der Waals surface area (Å²) in [6, 6.07) is 7.32. The molecule has 1 amide bonds. The fourth-order valence-corrected chi connectivity index (χ4v) is 3.70. The summed E-state index contributed by atoms with van der Waals surface area (Å²) in [4.78, 5) is 17.0. The third kappa shape index (κ3) is 4.23. The summed E-state index contributed by atoms with van der Waals surface area (Å²) in [6.07, 6.45) is 4.66. The van der Waals surface area contributed by atoms with Crippen LogP contribution >= 0.6 is 0 Å². The van der Waals surface area contributed by atoms with E-state index in [4.69, 9.17) is 14.7 Å². The number of hydrogen-bond donors (Lipinski definition) is 0. The highest BCUT2D eigenvalue weighted by Gasteiger charge is 2.31. The molecular formula is C19H25N3O3. The van der Waals surface area contributed by atoms with Crippen LogP contribution in [0.4, 0.5) is 0 Å². The van der Waals surface area contributed by atoms with Crippen molar-refractivity contribution >= 4 is 5.91 Å². The van der Waals surface area contributed by atoms with E-state index in [1.165, 1.54) is 20.0 Å². The van der Waals surface area contributed by atoms with Crippen molar-refractivity contribution in [3.8, 4) is 17.6 Å². The van der Waals surface area contributed by atoms with Gasteiger partial charge in [0.2, 0.25) is 0 Å². The van der Waals surface area contributed by atoms with E-state index in [0.717, 1.165) is 39.0 Å². The van der Waals surface area contributed by atoms with Crippen LogP contribution in [0.3, 0.4) is 0 Å². The van der Waals surface area contributed by atoms with Gasteiger partial charge in [0.1, 0.15) is 0 Å². The highest BCUT2D eigenvalue weighted by Crippen LogP contribution is 2.28. The third-order valence-electron chi connectivity index (χ3n) is 5.01. The van der Waals surface area contributed by atoms with Gasteiger partial charge in [-0.1, -0.05) is 0 Å². The lowest BCUT2D eigenvalue weighted by Crippen LogP contribution is -2.44. The Morgan fingerprint density at radius 2 is 2.04 bits per heavy atom. The molecule has 2 saturated heterocycles. The fourth-order valence-electron chi connectivity index (χ4n) is 3.70. The van der Waals surface area contributed by atoms with Crippen LogP contribution in [0.5, 0.6) is 11.5 Å². The van der Waals surface area contributed by atoms with Gasteiger partial charge in [0.25, 0.3) is 5.91 Å². The lowest BCUT2D eigenvalue weighted by atomic mass is 10.2. The van der Waals surface area contributed by atoms with Gasteiger partial charge in [0.15, 0.2) is 18.1 Å². The second-order valence-electron chi connectivity index (χ2n) is 6.66. The van der Waals surface area contributed by atoms with Crippen molar-refractivity contribution in [3.63, 3.8) is 0 Å². The largest absolute Gasteiger partial charge is 0.493 e. The molecule has 3 rings (SSSR count). The molecule has 1 aromatic rings. The first-order chi connectivity index (χ1) is 12.2. The summed E-state index contributed by atoms with van der Waals surface area (Å²) < 4.78 is 10.9. The highest BCUT2D eigenvalue weighted by molar-refractivity contribution is 5.78. The molecule has 0 N–H and O–H groups in total. The SMILES string of the molecule is COc1cc(C#N)ccc1OCC(=O)N1CCC[C@@H]1CN1CCCC1. The number of rotatable bonds is 6. The average molecular weight is 343 g/mol. The number of ether oxygens (including phenoxy) is 2. The normalized spacial score (nSPS) is 20.5. The van der Waals surface area contributed by atoms with Crippen molar-refractivity contribution in [3.05, 3.63) is 23.8 Å². The number of nitrogens with zero attached hydrogens (tertiary/aromatic N) is 3. The molecule has 1 atom stereocenters. The predicted octanol–water partition coefficient (Wildman–Crippen LogP) is 2.03. The number of carbonyl (C=O) groups is 1. The highest BCUT2D eigenvalue weighted by atomic mass is 16.5. The predicted molar refractivity (Wildman–Crippen MR) is 93.6 cm³/mol. The molecule has 2 aliphatic rings. The van der Waals surface area contributed by atoms with Crippen molar-refractivity contribution in [2.24, 2.45) is 0 Å². The van der Waals surface area contributed by atoms with Gasteiger partial charge in [0.05, 0.1) is 18.7 Å². The summed E-state index contributed by atoms with van der Waals surface area (Å²) in [6.45, 7) is 4.09. The lowest BCUT2D eigenvalue weighted by molar-refractivity contribution is -0.134. The van der Waals surface area contributed by atoms with E-state index in [9.17, 15) is 4.79 Å². The number of methoxy groups -OCH3 is 1. The molecule has 0 bridgehead atoms. The van der Waals surface area contributed by atoms with Gasteiger partial charge < -0.3 is 19.3 Å². The molecule has 25 heavy (non-hydrogen) atoms. The van der Waals surface area contributed by atoms with Gasteiger partial charge in [-0.05, 0) is 50.9 Å². The number of likely N-dealkylation sites (tertiary alicyclic amines) is 2. The second kappa shape index (κ2) is 8.21. The molecule has 2 aliphatic heterocycles. The number of nitriles is 1. The lowest BCUT2D eigenvalue weighted by Gasteiger charge is -2.28. The standard InChI is InChI=1S/C19H25N3O3/c1-24-18-11-15(12-20)6-7-17(18)25-14-19(23)22-10-4-5-16(22)13-21-8-2-3-9-21/h6-7,11,16H,2-5,8-10,13-14H2,1H3/t16-/m1/s1. The maximum absolute atomic E-state index is 12.6. The van der Waals surface area contributed by atoms with E-state index < -0.39 is 0 Å². The zero-order valence-electron chi connectivity index (χ0n) is 14.7. The Labute approximate surface area is 148 Å². The number of hydrogen-bond acceptors (Lipinski definition) is 5. The quantitative estimate of drug-likeness (QED) is 0.791. The number of amides is 1. The zero-order valence-corrected chi connectivity index (χ0v) is 14.7. The Balaban J connectivity index is 1.57. The summed E-state index contributed by atoms with van der Waals surface area (Å²) >= 11 is 0. The first-order valence-electron chi connectivity index (χ1n) is 8.94. The van der Waals surface area contributed by atoms with Gasteiger partial charge >= 0.3 is 0 Å². The van der Waals surface area contributed by atoms with Crippen LogP contribution in [-0.4, -0.2) is 61.6 Å². The van der Waals surface area contributed by atoms with Crippen molar-refractivity contribution < 1.29 is 14.3 Å². The molecule has 0 radical (unpaired) electrons. The van der Waals surface area contributed by atoms with E-state index >= 15 is 0 Å². The van der Waals surface area contributed by atoms with E-state index in [0.29, 0.717) is 23.1 Å². The van der Waals surface area contributed by atoms with Crippen molar-refractivity contribution in [1.29, 1.82) is 5.26 Å². The van der Waals surface area contributed by atoms with E-state index in [2.05, 4.69) is 11.0 Å². The van der Waals surface area contributed by atoms with Crippen LogP contribution in [0.2, 0.25) is 0 Å². The van der Waals surface area contributed by atoms with Crippen molar-refractivity contribution in [2.75, 3.05) is 39.9 Å². The number of carbonyl (C=O) groups excluding carboxylic acids is 1. The number of benzene rings is 1. The zero-order chi connectivity index (χ0) is 17.6. The van der Waals surface area contributed by atoms with Gasteiger partial charge in [-0.3, -0.25) is 4.79 Å². The molecular weight excluding hydrogens is 318 g/mol. The van der Waals surface area contributed by atoms with Gasteiger partial charge in [-0.25, -0.2) is 0 Å². The van der Waals surface area contributed by atoms with Crippen LogP contribution < -0.4 is 9.47 Å². The van der Waals surface area contributed by atoms with Crippen LogP contribution in [0.15, 0.2) is 18.2 Å². The molecule has 134 valence electrons. The van der Waals surface area contributed by atoms with Crippen LogP contribution in [0.1, 0.15) is 31.2 Å². The first kappa shape index (κ1) is 17.6. The van der Waals surface area contributed by atoms with Gasteiger partial charge in [-0.2, -0.15) is 5.26 Å². The van der Waals surface area contributed by atoms with Crippen LogP contribution in [-0.2, 0) is 4.79 Å². The molecule has 2 heterocycles. The third-order valence-corrected chi connectivity index (χ3v) is 5.01. The van der Waals surface area contributed by atoms with Crippen molar-refractivity contribution in [1.82, 2.24) is 9.80 Å².